The lowest BCUT2D eigenvalue weighted by atomic mass is 10.1. The van der Waals surface area contributed by atoms with Crippen LogP contribution in [0.4, 0.5) is 5.69 Å². The average Bonchev–Trinajstić information content (AvgIpc) is 2.37. The summed E-state index contributed by atoms with van der Waals surface area (Å²) in [6.45, 7) is 5.25. The third-order valence-electron chi connectivity index (χ3n) is 3.04. The summed E-state index contributed by atoms with van der Waals surface area (Å²) in [6, 6.07) is 5.40. The Morgan fingerprint density at radius 3 is 2.78 bits per heavy atom. The lowest BCUT2D eigenvalue weighted by molar-refractivity contribution is 0.318. The van der Waals surface area contributed by atoms with Crippen molar-refractivity contribution in [1.29, 1.82) is 0 Å². The number of nitrogens with zero attached hydrogens (tertiary/aromatic N) is 2. The van der Waals surface area contributed by atoms with Crippen molar-refractivity contribution >= 4 is 23.1 Å². The van der Waals surface area contributed by atoms with E-state index in [9.17, 15) is 0 Å². The molecule has 0 aliphatic heterocycles. The zero-order valence-corrected chi connectivity index (χ0v) is 11.8. The summed E-state index contributed by atoms with van der Waals surface area (Å²) in [6.07, 6.45) is 1.11. The number of amidine groups is 1. The van der Waals surface area contributed by atoms with Gasteiger partial charge in [0.25, 0.3) is 0 Å². The van der Waals surface area contributed by atoms with E-state index in [-0.39, 0.29) is 5.84 Å². The molecule has 1 unspecified atom stereocenters. The molecule has 1 rings (SSSR count). The van der Waals surface area contributed by atoms with E-state index in [0.29, 0.717) is 16.5 Å². The first-order chi connectivity index (χ1) is 8.49. The van der Waals surface area contributed by atoms with Crippen molar-refractivity contribution in [3.05, 3.63) is 28.8 Å². The minimum Gasteiger partial charge on any atom is -0.409 e. The molecule has 18 heavy (non-hydrogen) atoms. The maximum atomic E-state index is 8.81. The number of benzene rings is 1. The number of halogens is 1. The Morgan fingerprint density at radius 1 is 1.56 bits per heavy atom. The smallest absolute Gasteiger partial charge is 0.172 e. The number of anilines is 1. The first-order valence-corrected chi connectivity index (χ1v) is 6.36. The van der Waals surface area contributed by atoms with Crippen molar-refractivity contribution in [2.75, 3.05) is 18.5 Å². The SMILES string of the molecule is CCC(C)CN(C)c1ccc(Cl)cc1C(N)=NO. The van der Waals surface area contributed by atoms with E-state index in [2.05, 4.69) is 23.9 Å². The molecule has 0 aliphatic rings. The molecule has 5 heteroatoms. The van der Waals surface area contributed by atoms with Gasteiger partial charge in [-0.2, -0.15) is 0 Å². The van der Waals surface area contributed by atoms with Crippen LogP contribution in [0.25, 0.3) is 0 Å². The molecule has 0 radical (unpaired) electrons. The molecule has 0 aliphatic carbocycles. The average molecular weight is 270 g/mol. The van der Waals surface area contributed by atoms with Gasteiger partial charge in [0.2, 0.25) is 0 Å². The number of rotatable bonds is 5. The van der Waals surface area contributed by atoms with E-state index >= 15 is 0 Å². The molecule has 0 fully saturated rings. The Bertz CT molecular complexity index is 434. The second kappa shape index (κ2) is 6.50. The highest BCUT2D eigenvalue weighted by atomic mass is 35.5. The predicted octanol–water partition coefficient (Wildman–Crippen LogP) is 2.92. The zero-order valence-electron chi connectivity index (χ0n) is 11.0. The minimum absolute atomic E-state index is 0.0727. The second-order valence-electron chi connectivity index (χ2n) is 4.54. The third kappa shape index (κ3) is 3.53. The first-order valence-electron chi connectivity index (χ1n) is 5.98. The Labute approximate surface area is 113 Å². The molecule has 0 heterocycles. The summed E-state index contributed by atoms with van der Waals surface area (Å²) in [7, 11) is 1.99. The molecule has 1 atom stereocenters. The van der Waals surface area contributed by atoms with Crippen LogP contribution >= 0.6 is 11.6 Å². The van der Waals surface area contributed by atoms with Gasteiger partial charge in [-0.25, -0.2) is 0 Å². The molecule has 4 nitrogen and oxygen atoms in total. The Hall–Kier alpha value is -1.42. The van der Waals surface area contributed by atoms with E-state index in [0.717, 1.165) is 18.7 Å². The molecule has 1 aromatic rings. The van der Waals surface area contributed by atoms with Gasteiger partial charge in [0.1, 0.15) is 0 Å². The van der Waals surface area contributed by atoms with Gasteiger partial charge in [0.05, 0.1) is 0 Å². The van der Waals surface area contributed by atoms with Crippen LogP contribution in [0.5, 0.6) is 0 Å². The number of hydrogen-bond acceptors (Lipinski definition) is 3. The lowest BCUT2D eigenvalue weighted by Crippen LogP contribution is -2.27. The molecule has 3 N–H and O–H groups in total. The molecular weight excluding hydrogens is 250 g/mol. The van der Waals surface area contributed by atoms with E-state index in [4.69, 9.17) is 22.5 Å². The monoisotopic (exact) mass is 269 g/mol. The van der Waals surface area contributed by atoms with Crippen molar-refractivity contribution < 1.29 is 5.21 Å². The molecule has 0 saturated carbocycles. The molecule has 0 amide bonds. The normalized spacial score (nSPS) is 13.4. The van der Waals surface area contributed by atoms with Crippen LogP contribution in [0.3, 0.4) is 0 Å². The van der Waals surface area contributed by atoms with Crippen molar-refractivity contribution in [3.63, 3.8) is 0 Å². The highest BCUT2D eigenvalue weighted by Gasteiger charge is 2.13. The Morgan fingerprint density at radius 2 is 2.22 bits per heavy atom. The van der Waals surface area contributed by atoms with E-state index < -0.39 is 0 Å². The molecular formula is C13H20ClN3O. The molecule has 0 aromatic heterocycles. The zero-order chi connectivity index (χ0) is 13.7. The highest BCUT2D eigenvalue weighted by Crippen LogP contribution is 2.24. The van der Waals surface area contributed by atoms with Gasteiger partial charge in [-0.3, -0.25) is 0 Å². The van der Waals surface area contributed by atoms with E-state index in [1.165, 1.54) is 0 Å². The van der Waals surface area contributed by atoms with Crippen LogP contribution in [0.2, 0.25) is 5.02 Å². The minimum atomic E-state index is 0.0727. The Balaban J connectivity index is 3.07. The van der Waals surface area contributed by atoms with Crippen molar-refractivity contribution in [3.8, 4) is 0 Å². The van der Waals surface area contributed by atoms with Gasteiger partial charge in [-0.05, 0) is 24.1 Å². The number of oxime groups is 1. The molecule has 100 valence electrons. The number of hydrogen-bond donors (Lipinski definition) is 2. The molecule has 0 bridgehead atoms. The fourth-order valence-corrected chi connectivity index (χ4v) is 1.97. The van der Waals surface area contributed by atoms with Crippen LogP contribution in [0.1, 0.15) is 25.8 Å². The van der Waals surface area contributed by atoms with Crippen LogP contribution in [0.15, 0.2) is 23.4 Å². The van der Waals surface area contributed by atoms with Crippen LogP contribution in [-0.2, 0) is 0 Å². The van der Waals surface area contributed by atoms with Crippen LogP contribution in [-0.4, -0.2) is 24.6 Å². The Kier molecular flexibility index (Phi) is 5.28. The van der Waals surface area contributed by atoms with Crippen LogP contribution in [0, 0.1) is 5.92 Å². The summed E-state index contributed by atoms with van der Waals surface area (Å²) in [4.78, 5) is 2.10. The standard InChI is InChI=1S/C13H20ClN3O/c1-4-9(2)8-17(3)12-6-5-10(14)7-11(12)13(15)16-18/h5-7,9,18H,4,8H2,1-3H3,(H2,15,16). The quantitative estimate of drug-likeness (QED) is 0.374. The topological polar surface area (TPSA) is 61.8 Å². The predicted molar refractivity (Wildman–Crippen MR) is 76.7 cm³/mol. The van der Waals surface area contributed by atoms with Gasteiger partial charge in [-0.1, -0.05) is 37.0 Å². The largest absolute Gasteiger partial charge is 0.409 e. The van der Waals surface area contributed by atoms with Gasteiger partial charge < -0.3 is 15.8 Å². The fourth-order valence-electron chi connectivity index (χ4n) is 1.80. The summed E-state index contributed by atoms with van der Waals surface area (Å²) < 4.78 is 0. The molecule has 0 saturated heterocycles. The van der Waals surface area contributed by atoms with E-state index in [1.807, 2.05) is 13.1 Å². The molecule has 1 aromatic carbocycles. The van der Waals surface area contributed by atoms with Crippen molar-refractivity contribution in [2.45, 2.75) is 20.3 Å². The third-order valence-corrected chi connectivity index (χ3v) is 3.27. The van der Waals surface area contributed by atoms with Gasteiger partial charge in [0.15, 0.2) is 5.84 Å². The summed E-state index contributed by atoms with van der Waals surface area (Å²) in [5, 5.41) is 12.4. The van der Waals surface area contributed by atoms with Gasteiger partial charge in [0, 0.05) is 29.9 Å². The maximum Gasteiger partial charge on any atom is 0.172 e. The van der Waals surface area contributed by atoms with Crippen molar-refractivity contribution in [1.82, 2.24) is 0 Å². The van der Waals surface area contributed by atoms with Gasteiger partial charge >= 0.3 is 0 Å². The highest BCUT2D eigenvalue weighted by molar-refractivity contribution is 6.31. The summed E-state index contributed by atoms with van der Waals surface area (Å²) in [5.41, 5.74) is 7.24. The number of nitrogens with two attached hydrogens (primary N) is 1. The fraction of sp³-hybridized carbons (Fsp3) is 0.462. The van der Waals surface area contributed by atoms with Gasteiger partial charge in [-0.15, -0.1) is 0 Å². The summed E-state index contributed by atoms with van der Waals surface area (Å²) in [5.74, 6) is 0.648. The van der Waals surface area contributed by atoms with Crippen molar-refractivity contribution in [2.24, 2.45) is 16.8 Å². The maximum absolute atomic E-state index is 8.81. The molecule has 0 spiro atoms. The lowest BCUT2D eigenvalue weighted by Gasteiger charge is -2.25. The summed E-state index contributed by atoms with van der Waals surface area (Å²) >= 11 is 5.94. The second-order valence-corrected chi connectivity index (χ2v) is 4.98. The first kappa shape index (κ1) is 14.6. The van der Waals surface area contributed by atoms with Crippen LogP contribution < -0.4 is 10.6 Å². The van der Waals surface area contributed by atoms with E-state index in [1.54, 1.807) is 12.1 Å².